The van der Waals surface area contributed by atoms with Gasteiger partial charge in [0.1, 0.15) is 12.0 Å². The summed E-state index contributed by atoms with van der Waals surface area (Å²) < 4.78 is 11.0. The Balaban J connectivity index is 1.54. The van der Waals surface area contributed by atoms with E-state index in [2.05, 4.69) is 10.3 Å². The molecule has 1 N–H and O–H groups in total. The molecule has 0 saturated carbocycles. The van der Waals surface area contributed by atoms with Crippen LogP contribution in [0.25, 0.3) is 0 Å². The van der Waals surface area contributed by atoms with Crippen LogP contribution in [0, 0.1) is 0 Å². The standard InChI is InChI=1S/C15H18N2O3S/c1-10(18)19-9-12-7-8-13-14(20-12)21-15(17-13)16-11-5-3-2-4-6-11/h2-6,12-14H,7-9H2,1H3,(H,16,17)/t12-,13-,14-/m1/s1. The van der Waals surface area contributed by atoms with Gasteiger partial charge < -0.3 is 14.8 Å². The van der Waals surface area contributed by atoms with Crippen LogP contribution in [0.3, 0.4) is 0 Å². The highest BCUT2D eigenvalue weighted by molar-refractivity contribution is 8.14. The Bertz CT molecular complexity index is 535. The van der Waals surface area contributed by atoms with Crippen LogP contribution in [-0.2, 0) is 14.3 Å². The number of nitrogens with one attached hydrogen (secondary N) is 1. The number of fused-ring (bicyclic) bond motifs is 1. The molecule has 2 heterocycles. The highest BCUT2D eigenvalue weighted by Gasteiger charge is 2.37. The van der Waals surface area contributed by atoms with Crippen LogP contribution in [-0.4, -0.2) is 35.3 Å². The van der Waals surface area contributed by atoms with Crippen LogP contribution < -0.4 is 5.32 Å². The van der Waals surface area contributed by atoms with Gasteiger partial charge in [-0.15, -0.1) is 0 Å². The SMILES string of the molecule is CC(=O)OC[C@H]1CC[C@H]2N=C(Nc3ccccc3)S[C@H]2O1. The second-order valence-electron chi connectivity index (χ2n) is 5.12. The third kappa shape index (κ3) is 3.77. The minimum atomic E-state index is -0.262. The fraction of sp³-hybridized carbons (Fsp3) is 0.467. The molecule has 0 radical (unpaired) electrons. The van der Waals surface area contributed by atoms with Crippen molar-refractivity contribution >= 4 is 28.6 Å². The maximum absolute atomic E-state index is 10.9. The summed E-state index contributed by atoms with van der Waals surface area (Å²) in [6, 6.07) is 10.2. The number of hydrogen-bond donors (Lipinski definition) is 1. The fourth-order valence-corrected chi connectivity index (χ4v) is 3.56. The normalized spacial score (nSPS) is 27.7. The summed E-state index contributed by atoms with van der Waals surface area (Å²) in [6.45, 7) is 1.75. The molecule has 1 fully saturated rings. The van der Waals surface area contributed by atoms with Crippen molar-refractivity contribution in [2.24, 2.45) is 4.99 Å². The summed E-state index contributed by atoms with van der Waals surface area (Å²) in [7, 11) is 0. The number of benzene rings is 1. The van der Waals surface area contributed by atoms with Crippen LogP contribution in [0.15, 0.2) is 35.3 Å². The minimum Gasteiger partial charge on any atom is -0.463 e. The quantitative estimate of drug-likeness (QED) is 0.870. The van der Waals surface area contributed by atoms with E-state index >= 15 is 0 Å². The predicted octanol–water partition coefficient (Wildman–Crippen LogP) is 2.64. The van der Waals surface area contributed by atoms with Crippen molar-refractivity contribution in [3.63, 3.8) is 0 Å². The number of amidine groups is 1. The van der Waals surface area contributed by atoms with Gasteiger partial charge in [-0.25, -0.2) is 0 Å². The molecule has 6 heteroatoms. The maximum Gasteiger partial charge on any atom is 0.302 e. The van der Waals surface area contributed by atoms with Crippen LogP contribution >= 0.6 is 11.8 Å². The first kappa shape index (κ1) is 14.4. The molecular formula is C15H18N2O3S. The lowest BCUT2D eigenvalue weighted by Crippen LogP contribution is -2.36. The lowest BCUT2D eigenvalue weighted by Gasteiger charge is -2.29. The molecule has 0 aromatic heterocycles. The van der Waals surface area contributed by atoms with Gasteiger partial charge in [0, 0.05) is 12.6 Å². The zero-order valence-electron chi connectivity index (χ0n) is 11.8. The van der Waals surface area contributed by atoms with Gasteiger partial charge in [-0.05, 0) is 25.0 Å². The molecule has 3 rings (SSSR count). The van der Waals surface area contributed by atoms with E-state index < -0.39 is 0 Å². The van der Waals surface area contributed by atoms with Crippen molar-refractivity contribution in [1.29, 1.82) is 0 Å². The Morgan fingerprint density at radius 2 is 2.24 bits per heavy atom. The number of rotatable bonds is 3. The molecule has 2 aliphatic heterocycles. The summed E-state index contributed by atoms with van der Waals surface area (Å²) in [5.74, 6) is -0.262. The number of aliphatic imine (C=N–C) groups is 1. The predicted molar refractivity (Wildman–Crippen MR) is 83.4 cm³/mol. The van der Waals surface area contributed by atoms with Crippen molar-refractivity contribution in [3.8, 4) is 0 Å². The number of carbonyl (C=O) groups excluding carboxylic acids is 1. The Morgan fingerprint density at radius 1 is 1.43 bits per heavy atom. The summed E-state index contributed by atoms with van der Waals surface area (Å²) in [5.41, 5.74) is 1.05. The highest BCUT2D eigenvalue weighted by atomic mass is 32.2. The first-order chi connectivity index (χ1) is 10.2. The first-order valence-corrected chi connectivity index (χ1v) is 7.94. The number of thioether (sulfide) groups is 1. The molecule has 0 bridgehead atoms. The topological polar surface area (TPSA) is 59.9 Å². The second kappa shape index (κ2) is 6.49. The highest BCUT2D eigenvalue weighted by Crippen LogP contribution is 2.36. The van der Waals surface area contributed by atoms with Crippen LogP contribution in [0.2, 0.25) is 0 Å². The summed E-state index contributed by atoms with van der Waals surface area (Å²) in [4.78, 5) is 15.5. The minimum absolute atomic E-state index is 0.0190. The lowest BCUT2D eigenvalue weighted by atomic mass is 10.1. The van der Waals surface area contributed by atoms with E-state index in [0.29, 0.717) is 6.61 Å². The zero-order valence-corrected chi connectivity index (χ0v) is 12.6. The second-order valence-corrected chi connectivity index (χ2v) is 6.20. The van der Waals surface area contributed by atoms with Gasteiger partial charge in [-0.3, -0.25) is 9.79 Å². The van der Waals surface area contributed by atoms with Gasteiger partial charge in [0.15, 0.2) is 5.17 Å². The number of carbonyl (C=O) groups is 1. The average Bonchev–Trinajstić information content (AvgIpc) is 2.87. The molecule has 1 aromatic carbocycles. The van der Waals surface area contributed by atoms with Gasteiger partial charge in [-0.1, -0.05) is 30.0 Å². The van der Waals surface area contributed by atoms with Crippen LogP contribution in [0.1, 0.15) is 19.8 Å². The van der Waals surface area contributed by atoms with E-state index in [1.165, 1.54) is 6.92 Å². The van der Waals surface area contributed by atoms with Crippen LogP contribution in [0.4, 0.5) is 5.69 Å². The van der Waals surface area contributed by atoms with Crippen LogP contribution in [0.5, 0.6) is 0 Å². The number of nitrogens with zero attached hydrogens (tertiary/aromatic N) is 1. The van der Waals surface area contributed by atoms with Gasteiger partial charge in [0.25, 0.3) is 0 Å². The number of para-hydroxylation sites is 1. The van der Waals surface area contributed by atoms with E-state index in [-0.39, 0.29) is 23.6 Å². The average molecular weight is 306 g/mol. The lowest BCUT2D eigenvalue weighted by molar-refractivity contribution is -0.147. The summed E-state index contributed by atoms with van der Waals surface area (Å²) >= 11 is 1.60. The largest absolute Gasteiger partial charge is 0.463 e. The molecule has 1 saturated heterocycles. The number of ether oxygens (including phenoxy) is 2. The van der Waals surface area contributed by atoms with Crippen molar-refractivity contribution < 1.29 is 14.3 Å². The maximum atomic E-state index is 10.9. The Hall–Kier alpha value is -1.53. The third-order valence-electron chi connectivity index (χ3n) is 3.43. The molecule has 0 aliphatic carbocycles. The van der Waals surface area contributed by atoms with Gasteiger partial charge >= 0.3 is 5.97 Å². The Kier molecular flexibility index (Phi) is 4.45. The van der Waals surface area contributed by atoms with E-state index in [0.717, 1.165) is 23.7 Å². The van der Waals surface area contributed by atoms with E-state index in [9.17, 15) is 4.79 Å². The monoisotopic (exact) mass is 306 g/mol. The molecule has 3 atom stereocenters. The molecule has 1 aromatic rings. The van der Waals surface area contributed by atoms with Crippen molar-refractivity contribution in [3.05, 3.63) is 30.3 Å². The van der Waals surface area contributed by atoms with Crippen molar-refractivity contribution in [2.75, 3.05) is 11.9 Å². The molecular weight excluding hydrogens is 288 g/mol. The van der Waals surface area contributed by atoms with Crippen molar-refractivity contribution in [1.82, 2.24) is 0 Å². The fourth-order valence-electron chi connectivity index (χ4n) is 2.40. The van der Waals surface area contributed by atoms with Gasteiger partial charge in [0.05, 0.1) is 12.1 Å². The van der Waals surface area contributed by atoms with Gasteiger partial charge in [-0.2, -0.15) is 0 Å². The first-order valence-electron chi connectivity index (χ1n) is 7.06. The smallest absolute Gasteiger partial charge is 0.302 e. The molecule has 5 nitrogen and oxygen atoms in total. The Labute approximate surface area is 128 Å². The molecule has 0 amide bonds. The number of esters is 1. The molecule has 0 unspecified atom stereocenters. The molecule has 0 spiro atoms. The third-order valence-corrected chi connectivity index (χ3v) is 4.52. The van der Waals surface area contributed by atoms with E-state index in [1.807, 2.05) is 30.3 Å². The molecule has 2 aliphatic rings. The summed E-state index contributed by atoms with van der Waals surface area (Å²) in [5, 5.41) is 4.20. The van der Waals surface area contributed by atoms with Gasteiger partial charge in [0.2, 0.25) is 0 Å². The molecule has 112 valence electrons. The van der Waals surface area contributed by atoms with E-state index in [4.69, 9.17) is 9.47 Å². The van der Waals surface area contributed by atoms with Crippen molar-refractivity contribution in [2.45, 2.75) is 37.3 Å². The number of anilines is 1. The zero-order chi connectivity index (χ0) is 14.7. The Morgan fingerprint density at radius 3 is 3.00 bits per heavy atom. The van der Waals surface area contributed by atoms with E-state index in [1.54, 1.807) is 11.8 Å². The number of hydrogen-bond acceptors (Lipinski definition) is 6. The summed E-state index contributed by atoms with van der Waals surface area (Å²) in [6.07, 6.45) is 1.81. The molecule has 21 heavy (non-hydrogen) atoms.